The molecule has 1 amide bonds. The van der Waals surface area contributed by atoms with E-state index in [1.54, 1.807) is 9.91 Å². The van der Waals surface area contributed by atoms with Gasteiger partial charge in [-0.3, -0.25) is 5.01 Å². The van der Waals surface area contributed by atoms with Crippen molar-refractivity contribution >= 4 is 6.09 Å². The second-order valence-electron chi connectivity index (χ2n) is 5.93. The molecule has 112 valence electrons. The Balaban J connectivity index is 1.44. The number of nitrogens with zero attached hydrogens (tertiary/aromatic N) is 3. The maximum Gasteiger partial charge on any atom is 0.410 e. The van der Waals surface area contributed by atoms with Crippen LogP contribution in [0.4, 0.5) is 4.79 Å². The average molecular weight is 289 g/mol. The van der Waals surface area contributed by atoms with E-state index >= 15 is 0 Å². The van der Waals surface area contributed by atoms with Gasteiger partial charge in [-0.15, -0.1) is 4.91 Å². The van der Waals surface area contributed by atoms with Crippen molar-refractivity contribution < 1.29 is 9.53 Å². The average Bonchev–Trinajstić information content (AvgIpc) is 2.51. The predicted molar refractivity (Wildman–Crippen MR) is 77.2 cm³/mol. The summed E-state index contributed by atoms with van der Waals surface area (Å²) in [5.74, 6) is 0. The third-order valence-electron chi connectivity index (χ3n) is 4.44. The highest BCUT2D eigenvalue weighted by Gasteiger charge is 2.46. The molecule has 2 heterocycles. The van der Waals surface area contributed by atoms with E-state index in [1.807, 2.05) is 30.3 Å². The lowest BCUT2D eigenvalue weighted by atomic mass is 9.73. The lowest BCUT2D eigenvalue weighted by molar-refractivity contribution is -0.0450. The number of carbonyl (C=O) groups excluding carboxylic acids is 1. The van der Waals surface area contributed by atoms with Crippen LogP contribution in [0.1, 0.15) is 18.4 Å². The first-order chi connectivity index (χ1) is 10.2. The van der Waals surface area contributed by atoms with Crippen LogP contribution in [0.25, 0.3) is 0 Å². The molecule has 2 aliphatic rings. The van der Waals surface area contributed by atoms with Gasteiger partial charge in [0.05, 0.1) is 5.29 Å². The first kappa shape index (κ1) is 13.9. The second kappa shape index (κ2) is 5.71. The maximum atomic E-state index is 12.0. The van der Waals surface area contributed by atoms with Gasteiger partial charge < -0.3 is 9.64 Å². The second-order valence-corrected chi connectivity index (χ2v) is 5.93. The highest BCUT2D eigenvalue weighted by molar-refractivity contribution is 5.67. The molecule has 0 bridgehead atoms. The Morgan fingerprint density at radius 1 is 1.19 bits per heavy atom. The van der Waals surface area contributed by atoms with Crippen molar-refractivity contribution in [1.82, 2.24) is 9.91 Å². The van der Waals surface area contributed by atoms with Gasteiger partial charge in [0.15, 0.2) is 0 Å². The van der Waals surface area contributed by atoms with E-state index in [9.17, 15) is 9.70 Å². The predicted octanol–water partition coefficient (Wildman–Crippen LogP) is 2.40. The Kier molecular flexibility index (Phi) is 3.77. The fourth-order valence-corrected chi connectivity index (χ4v) is 3.08. The standard InChI is InChI=1S/C15H19N3O3/c19-14(21-10-13-4-2-1-3-5-13)17-8-6-15(7-9-17)11-18(12-15)16-20/h1-5H,6-12H2. The summed E-state index contributed by atoms with van der Waals surface area (Å²) < 4.78 is 5.34. The third kappa shape index (κ3) is 2.99. The van der Waals surface area contributed by atoms with E-state index in [4.69, 9.17) is 4.74 Å². The number of hydrogen-bond donors (Lipinski definition) is 0. The molecule has 3 rings (SSSR count). The molecule has 1 aromatic carbocycles. The van der Waals surface area contributed by atoms with Gasteiger partial charge in [0.25, 0.3) is 0 Å². The minimum Gasteiger partial charge on any atom is -0.445 e. The molecular formula is C15H19N3O3. The summed E-state index contributed by atoms with van der Waals surface area (Å²) in [7, 11) is 0. The molecule has 6 nitrogen and oxygen atoms in total. The number of amides is 1. The summed E-state index contributed by atoms with van der Waals surface area (Å²) in [5.41, 5.74) is 1.18. The van der Waals surface area contributed by atoms with Crippen molar-refractivity contribution in [1.29, 1.82) is 0 Å². The van der Waals surface area contributed by atoms with Gasteiger partial charge in [-0.05, 0) is 18.4 Å². The molecule has 21 heavy (non-hydrogen) atoms. The van der Waals surface area contributed by atoms with E-state index in [0.29, 0.717) is 19.7 Å². The van der Waals surface area contributed by atoms with E-state index in [2.05, 4.69) is 5.29 Å². The quantitative estimate of drug-likeness (QED) is 0.802. The summed E-state index contributed by atoms with van der Waals surface area (Å²) in [6.45, 7) is 3.15. The minimum absolute atomic E-state index is 0.185. The molecule has 0 N–H and O–H groups in total. The fourth-order valence-electron chi connectivity index (χ4n) is 3.08. The number of piperidine rings is 1. The summed E-state index contributed by atoms with van der Waals surface area (Å²) in [6, 6.07) is 9.67. The van der Waals surface area contributed by atoms with E-state index in [-0.39, 0.29) is 11.5 Å². The SMILES string of the molecule is O=NN1CC2(CCN(C(=O)OCc3ccccc3)CC2)C1. The number of hydrogen-bond acceptors (Lipinski definition) is 4. The van der Waals surface area contributed by atoms with Crippen molar-refractivity contribution in [3.05, 3.63) is 40.8 Å². The lowest BCUT2D eigenvalue weighted by Gasteiger charge is -2.51. The van der Waals surface area contributed by atoms with E-state index in [1.165, 1.54) is 0 Å². The monoisotopic (exact) mass is 289 g/mol. The highest BCUT2D eigenvalue weighted by atomic mass is 16.6. The molecule has 1 aromatic rings. The van der Waals surface area contributed by atoms with Crippen molar-refractivity contribution in [3.63, 3.8) is 0 Å². The summed E-state index contributed by atoms with van der Waals surface area (Å²) in [6.07, 6.45) is 1.58. The zero-order valence-electron chi connectivity index (χ0n) is 11.9. The summed E-state index contributed by atoms with van der Waals surface area (Å²) in [5, 5.41) is 4.48. The zero-order chi connectivity index (χ0) is 14.7. The van der Waals surface area contributed by atoms with Gasteiger partial charge in [-0.1, -0.05) is 30.3 Å². The van der Waals surface area contributed by atoms with Crippen LogP contribution < -0.4 is 0 Å². The molecule has 0 saturated carbocycles. The molecule has 6 heteroatoms. The van der Waals surface area contributed by atoms with Crippen LogP contribution in [0.5, 0.6) is 0 Å². The van der Waals surface area contributed by atoms with E-state index in [0.717, 1.165) is 31.5 Å². The molecule has 0 atom stereocenters. The Hall–Kier alpha value is -2.11. The van der Waals surface area contributed by atoms with Crippen molar-refractivity contribution in [2.45, 2.75) is 19.4 Å². The fraction of sp³-hybridized carbons (Fsp3) is 0.533. The normalized spacial score (nSPS) is 20.0. The Labute approximate surface area is 123 Å². The summed E-state index contributed by atoms with van der Waals surface area (Å²) >= 11 is 0. The molecule has 0 aliphatic carbocycles. The van der Waals surface area contributed by atoms with Gasteiger partial charge in [-0.2, -0.15) is 0 Å². The number of ether oxygens (including phenoxy) is 1. The van der Waals surface area contributed by atoms with Crippen molar-refractivity contribution in [2.75, 3.05) is 26.2 Å². The molecule has 0 aromatic heterocycles. The number of rotatable bonds is 3. The Bertz CT molecular complexity index is 504. The molecule has 1 spiro atoms. The topological polar surface area (TPSA) is 62.2 Å². The van der Waals surface area contributed by atoms with Crippen molar-refractivity contribution in [3.8, 4) is 0 Å². The molecule has 2 fully saturated rings. The van der Waals surface area contributed by atoms with Crippen LogP contribution in [0.3, 0.4) is 0 Å². The number of carbonyl (C=O) groups is 1. The highest BCUT2D eigenvalue weighted by Crippen LogP contribution is 2.40. The Morgan fingerprint density at radius 3 is 2.48 bits per heavy atom. The van der Waals surface area contributed by atoms with Crippen molar-refractivity contribution in [2.24, 2.45) is 10.7 Å². The first-order valence-electron chi connectivity index (χ1n) is 7.25. The molecule has 0 unspecified atom stereocenters. The van der Waals surface area contributed by atoms with Crippen LogP contribution in [0, 0.1) is 10.3 Å². The number of likely N-dealkylation sites (tertiary alicyclic amines) is 1. The summed E-state index contributed by atoms with van der Waals surface area (Å²) in [4.78, 5) is 24.2. The van der Waals surface area contributed by atoms with Crippen LogP contribution in [0.2, 0.25) is 0 Å². The van der Waals surface area contributed by atoms with Gasteiger partial charge in [0, 0.05) is 31.6 Å². The molecule has 2 aliphatic heterocycles. The minimum atomic E-state index is -0.251. The molecule has 2 saturated heterocycles. The Morgan fingerprint density at radius 2 is 1.86 bits per heavy atom. The van der Waals surface area contributed by atoms with Gasteiger partial charge in [0.1, 0.15) is 6.61 Å². The van der Waals surface area contributed by atoms with Crippen LogP contribution in [-0.4, -0.2) is 42.2 Å². The van der Waals surface area contributed by atoms with Crippen LogP contribution >= 0.6 is 0 Å². The first-order valence-corrected chi connectivity index (χ1v) is 7.25. The third-order valence-corrected chi connectivity index (χ3v) is 4.44. The molecule has 0 radical (unpaired) electrons. The van der Waals surface area contributed by atoms with Gasteiger partial charge in [0.2, 0.25) is 0 Å². The number of benzene rings is 1. The largest absolute Gasteiger partial charge is 0.445 e. The molecular weight excluding hydrogens is 270 g/mol. The zero-order valence-corrected chi connectivity index (χ0v) is 11.9. The lowest BCUT2D eigenvalue weighted by Crippen LogP contribution is -2.58. The van der Waals surface area contributed by atoms with Crippen LogP contribution in [0.15, 0.2) is 35.6 Å². The smallest absolute Gasteiger partial charge is 0.410 e. The maximum absolute atomic E-state index is 12.0. The number of nitroso groups, excluding NO2 is 1. The van der Waals surface area contributed by atoms with Gasteiger partial charge >= 0.3 is 6.09 Å². The van der Waals surface area contributed by atoms with E-state index < -0.39 is 0 Å². The van der Waals surface area contributed by atoms with Gasteiger partial charge in [-0.25, -0.2) is 4.79 Å². The van der Waals surface area contributed by atoms with Crippen LogP contribution in [-0.2, 0) is 11.3 Å².